The Morgan fingerprint density at radius 2 is 1.59 bits per heavy atom. The van der Waals surface area contributed by atoms with Crippen LogP contribution >= 0.6 is 0 Å². The maximum Gasteiger partial charge on any atom is 0.256 e. The van der Waals surface area contributed by atoms with Gasteiger partial charge < -0.3 is 4.90 Å². The highest BCUT2D eigenvalue weighted by atomic mass is 19.3. The van der Waals surface area contributed by atoms with Gasteiger partial charge in [-0.1, -0.05) is 56.8 Å². The van der Waals surface area contributed by atoms with E-state index in [2.05, 4.69) is 11.6 Å². The van der Waals surface area contributed by atoms with E-state index in [1.807, 2.05) is 13.8 Å². The zero-order valence-corrected chi connectivity index (χ0v) is 15.1. The summed E-state index contributed by atoms with van der Waals surface area (Å²) in [6, 6.07) is 8.79. The van der Waals surface area contributed by atoms with E-state index in [-0.39, 0.29) is 11.4 Å². The summed E-state index contributed by atoms with van der Waals surface area (Å²) in [7, 11) is 0. The Bertz CT molecular complexity index is 837. The van der Waals surface area contributed by atoms with Crippen LogP contribution < -0.4 is 0 Å². The van der Waals surface area contributed by atoms with Gasteiger partial charge in [-0.25, -0.2) is 17.6 Å². The minimum absolute atomic E-state index is 0.0106. The molecule has 1 aromatic heterocycles. The lowest BCUT2D eigenvalue weighted by Crippen LogP contribution is -2.29. The predicted molar refractivity (Wildman–Crippen MR) is 99.7 cm³/mol. The van der Waals surface area contributed by atoms with Crippen LogP contribution in [0.3, 0.4) is 0 Å². The highest BCUT2D eigenvalue weighted by Gasteiger charge is 2.28. The molecule has 0 saturated heterocycles. The number of alkyl halides is 2. The second-order valence-electron chi connectivity index (χ2n) is 5.43. The molecule has 2 nitrogen and oxygen atoms in total. The van der Waals surface area contributed by atoms with E-state index in [0.29, 0.717) is 11.1 Å². The van der Waals surface area contributed by atoms with Crippen LogP contribution in [-0.2, 0) is 0 Å². The molecule has 1 aliphatic heterocycles. The first-order chi connectivity index (χ1) is 13.0. The maximum absolute atomic E-state index is 14.4. The fourth-order valence-electron chi connectivity index (χ4n) is 2.74. The van der Waals surface area contributed by atoms with Crippen molar-refractivity contribution in [2.75, 3.05) is 6.54 Å². The predicted octanol–water partition coefficient (Wildman–Crippen LogP) is 5.90. The van der Waals surface area contributed by atoms with Crippen molar-refractivity contribution < 1.29 is 17.6 Å². The van der Waals surface area contributed by atoms with Gasteiger partial charge in [-0.3, -0.25) is 4.98 Å². The van der Waals surface area contributed by atoms with Crippen LogP contribution in [0.25, 0.3) is 11.3 Å². The second kappa shape index (κ2) is 9.16. The monoisotopic (exact) mass is 376 g/mol. The summed E-state index contributed by atoms with van der Waals surface area (Å²) in [5.74, 6) is -1.85. The van der Waals surface area contributed by atoms with E-state index in [1.165, 1.54) is 0 Å². The van der Waals surface area contributed by atoms with Crippen LogP contribution in [0.4, 0.5) is 17.6 Å². The van der Waals surface area contributed by atoms with Gasteiger partial charge in [0.25, 0.3) is 6.43 Å². The van der Waals surface area contributed by atoms with Gasteiger partial charge >= 0.3 is 0 Å². The zero-order chi connectivity index (χ0) is 20.0. The van der Waals surface area contributed by atoms with Crippen molar-refractivity contribution >= 4 is 11.3 Å². The number of aromatic nitrogens is 1. The molecular formula is C21H20F4N2. The fourth-order valence-corrected chi connectivity index (χ4v) is 2.74. The van der Waals surface area contributed by atoms with Gasteiger partial charge in [0, 0.05) is 11.3 Å². The number of nitrogens with zero attached hydrogens (tertiary/aromatic N) is 2. The molecule has 1 aromatic carbocycles. The molecule has 6 heteroatoms. The Morgan fingerprint density at radius 1 is 1.00 bits per heavy atom. The second-order valence-corrected chi connectivity index (χ2v) is 5.43. The third-order valence-electron chi connectivity index (χ3n) is 3.81. The van der Waals surface area contributed by atoms with Crippen molar-refractivity contribution in [3.8, 4) is 0 Å². The number of halogens is 4. The van der Waals surface area contributed by atoms with Crippen LogP contribution in [0, 0.1) is 11.6 Å². The van der Waals surface area contributed by atoms with Gasteiger partial charge in [0.1, 0.15) is 0 Å². The van der Waals surface area contributed by atoms with E-state index in [0.717, 1.165) is 17.3 Å². The average molecular weight is 376 g/mol. The third-order valence-corrected chi connectivity index (χ3v) is 3.81. The Hall–Kier alpha value is -2.89. The Morgan fingerprint density at radius 3 is 2.15 bits per heavy atom. The van der Waals surface area contributed by atoms with Crippen molar-refractivity contribution in [1.29, 1.82) is 0 Å². The van der Waals surface area contributed by atoms with Crippen molar-refractivity contribution in [2.24, 2.45) is 0 Å². The minimum atomic E-state index is -2.71. The zero-order valence-electron chi connectivity index (χ0n) is 15.1. The van der Waals surface area contributed by atoms with E-state index in [1.54, 1.807) is 42.5 Å². The lowest BCUT2D eigenvalue weighted by atomic mass is 9.95. The Kier molecular flexibility index (Phi) is 6.93. The van der Waals surface area contributed by atoms with Gasteiger partial charge in [0.15, 0.2) is 11.6 Å². The quantitative estimate of drug-likeness (QED) is 0.617. The largest absolute Gasteiger partial charge is 0.335 e. The first-order valence-electron chi connectivity index (χ1n) is 8.50. The highest BCUT2D eigenvalue weighted by molar-refractivity contribution is 5.97. The van der Waals surface area contributed by atoms with Crippen LogP contribution in [0.1, 0.15) is 25.0 Å². The fraction of sp³-hybridized carbons (Fsp3) is 0.190. The first kappa shape index (κ1) is 20.4. The summed E-state index contributed by atoms with van der Waals surface area (Å²) >= 11 is 0. The SMILES string of the molecule is C=C1C=CC(c2ccccc2)=C(c2c(F)cncc2F)N1CC(F)F.CC. The van der Waals surface area contributed by atoms with E-state index >= 15 is 0 Å². The summed E-state index contributed by atoms with van der Waals surface area (Å²) in [6.45, 7) is 7.00. The van der Waals surface area contributed by atoms with Gasteiger partial charge in [-0.05, 0) is 11.6 Å². The standard InChI is InChI=1S/C19H14F4N2.C2H6/c1-12-7-8-14(13-5-3-2-4-6-13)19(25(12)11-17(22)23)18-15(20)9-24-10-16(18)21;1-2/h2-10,17H,1,11H2;1-2H3. The Labute approximate surface area is 156 Å². The van der Waals surface area contributed by atoms with E-state index in [9.17, 15) is 17.6 Å². The molecule has 27 heavy (non-hydrogen) atoms. The van der Waals surface area contributed by atoms with Crippen LogP contribution in [-0.4, -0.2) is 22.9 Å². The van der Waals surface area contributed by atoms with Crippen LogP contribution in [0.5, 0.6) is 0 Å². The highest BCUT2D eigenvalue weighted by Crippen LogP contribution is 2.38. The van der Waals surface area contributed by atoms with Crippen molar-refractivity contribution in [3.05, 3.63) is 89.9 Å². The number of rotatable bonds is 4. The molecule has 3 rings (SSSR count). The van der Waals surface area contributed by atoms with Crippen molar-refractivity contribution in [2.45, 2.75) is 20.3 Å². The van der Waals surface area contributed by atoms with Crippen molar-refractivity contribution in [3.63, 3.8) is 0 Å². The Balaban J connectivity index is 0.00000126. The van der Waals surface area contributed by atoms with Gasteiger partial charge in [0.05, 0.1) is 30.2 Å². The molecule has 2 aromatic rings. The van der Waals surface area contributed by atoms with Crippen LogP contribution in [0.15, 0.2) is 67.2 Å². The molecule has 0 saturated carbocycles. The maximum atomic E-state index is 14.4. The smallest absolute Gasteiger partial charge is 0.256 e. The van der Waals surface area contributed by atoms with E-state index in [4.69, 9.17) is 0 Å². The van der Waals surface area contributed by atoms with Gasteiger partial charge in [-0.2, -0.15) is 0 Å². The molecule has 0 fully saturated rings. The summed E-state index contributed by atoms with van der Waals surface area (Å²) < 4.78 is 54.9. The molecule has 142 valence electrons. The number of hydrogen-bond donors (Lipinski definition) is 0. The molecular weight excluding hydrogens is 356 g/mol. The number of allylic oxidation sites excluding steroid dienone is 3. The topological polar surface area (TPSA) is 16.1 Å². The first-order valence-corrected chi connectivity index (χ1v) is 8.50. The average Bonchev–Trinajstić information content (AvgIpc) is 2.66. The molecule has 0 N–H and O–H groups in total. The lowest BCUT2D eigenvalue weighted by Gasteiger charge is -2.33. The van der Waals surface area contributed by atoms with Crippen LogP contribution in [0.2, 0.25) is 0 Å². The summed E-state index contributed by atoms with van der Waals surface area (Å²) in [5, 5.41) is 0. The lowest BCUT2D eigenvalue weighted by molar-refractivity contribution is 0.123. The minimum Gasteiger partial charge on any atom is -0.335 e. The number of pyridine rings is 1. The molecule has 2 heterocycles. The molecule has 0 unspecified atom stereocenters. The molecule has 0 radical (unpaired) electrons. The molecule has 0 atom stereocenters. The molecule has 0 amide bonds. The van der Waals surface area contributed by atoms with Gasteiger partial charge in [0.2, 0.25) is 0 Å². The summed E-state index contributed by atoms with van der Waals surface area (Å²) in [5.41, 5.74) is 0.913. The number of benzene rings is 1. The summed E-state index contributed by atoms with van der Waals surface area (Å²) in [6.07, 6.45) is 2.17. The van der Waals surface area contributed by atoms with E-state index < -0.39 is 30.2 Å². The number of hydrogen-bond acceptors (Lipinski definition) is 2. The van der Waals surface area contributed by atoms with Gasteiger partial charge in [-0.15, -0.1) is 0 Å². The third kappa shape index (κ3) is 4.45. The van der Waals surface area contributed by atoms with Crippen molar-refractivity contribution in [1.82, 2.24) is 9.88 Å². The summed E-state index contributed by atoms with van der Waals surface area (Å²) in [4.78, 5) is 4.60. The molecule has 1 aliphatic rings. The normalized spacial score (nSPS) is 13.7. The molecule has 0 spiro atoms. The molecule has 0 bridgehead atoms. The molecule has 0 aliphatic carbocycles.